The quantitative estimate of drug-likeness (QED) is 0.570. The van der Waals surface area contributed by atoms with Gasteiger partial charge in [0.2, 0.25) is 0 Å². The lowest BCUT2D eigenvalue weighted by Crippen LogP contribution is -2.17. The van der Waals surface area contributed by atoms with Crippen molar-refractivity contribution >= 4 is 16.3 Å². The van der Waals surface area contributed by atoms with Crippen molar-refractivity contribution in [1.82, 2.24) is 4.90 Å². The summed E-state index contributed by atoms with van der Waals surface area (Å²) < 4.78 is 0. The number of rotatable bonds is 3. The lowest BCUT2D eigenvalue weighted by atomic mass is 10.4. The molecule has 4 nitrogen and oxygen atoms in total. The summed E-state index contributed by atoms with van der Waals surface area (Å²) in [5.74, 6) is 0. The summed E-state index contributed by atoms with van der Waals surface area (Å²) in [5, 5.41) is 10.7. The SMILES string of the molecule is O=[N+]([O-])c1ccc(CN2CCCC2)s1. The van der Waals surface area contributed by atoms with Crippen molar-refractivity contribution in [2.75, 3.05) is 13.1 Å². The van der Waals surface area contributed by atoms with E-state index < -0.39 is 0 Å². The highest BCUT2D eigenvalue weighted by Gasteiger charge is 2.15. The predicted molar refractivity (Wildman–Crippen MR) is 55.5 cm³/mol. The third-order valence-electron chi connectivity index (χ3n) is 2.41. The topological polar surface area (TPSA) is 46.4 Å². The number of thiophene rings is 1. The van der Waals surface area contributed by atoms with E-state index in [-0.39, 0.29) is 9.92 Å². The summed E-state index contributed by atoms with van der Waals surface area (Å²) >= 11 is 1.29. The van der Waals surface area contributed by atoms with Crippen LogP contribution in [0, 0.1) is 10.1 Å². The van der Waals surface area contributed by atoms with Crippen LogP contribution in [0.3, 0.4) is 0 Å². The van der Waals surface area contributed by atoms with Crippen molar-refractivity contribution in [3.63, 3.8) is 0 Å². The van der Waals surface area contributed by atoms with E-state index in [4.69, 9.17) is 0 Å². The Morgan fingerprint density at radius 2 is 2.14 bits per heavy atom. The molecule has 2 rings (SSSR count). The minimum Gasteiger partial charge on any atom is -0.298 e. The predicted octanol–water partition coefficient (Wildman–Crippen LogP) is 2.25. The molecule has 0 atom stereocenters. The van der Waals surface area contributed by atoms with Crippen LogP contribution in [0.5, 0.6) is 0 Å². The second kappa shape index (κ2) is 4.06. The summed E-state index contributed by atoms with van der Waals surface area (Å²) in [6.45, 7) is 3.13. The number of hydrogen-bond donors (Lipinski definition) is 0. The molecule has 0 aliphatic carbocycles. The fourth-order valence-corrected chi connectivity index (χ4v) is 2.57. The Labute approximate surface area is 86.3 Å². The molecule has 14 heavy (non-hydrogen) atoms. The molecule has 0 spiro atoms. The second-order valence-electron chi connectivity index (χ2n) is 3.48. The van der Waals surface area contributed by atoms with E-state index in [9.17, 15) is 10.1 Å². The van der Waals surface area contributed by atoms with Gasteiger partial charge in [0.1, 0.15) is 0 Å². The molecule has 0 radical (unpaired) electrons. The van der Waals surface area contributed by atoms with Gasteiger partial charge in [0.15, 0.2) is 0 Å². The van der Waals surface area contributed by atoms with E-state index in [1.54, 1.807) is 6.07 Å². The largest absolute Gasteiger partial charge is 0.324 e. The zero-order valence-electron chi connectivity index (χ0n) is 7.81. The monoisotopic (exact) mass is 212 g/mol. The Hall–Kier alpha value is -0.940. The van der Waals surface area contributed by atoms with Crippen LogP contribution >= 0.6 is 11.3 Å². The summed E-state index contributed by atoms with van der Waals surface area (Å²) in [6, 6.07) is 3.46. The number of nitrogens with zero attached hydrogens (tertiary/aromatic N) is 2. The maximum Gasteiger partial charge on any atom is 0.324 e. The van der Waals surface area contributed by atoms with Gasteiger partial charge >= 0.3 is 5.00 Å². The maximum absolute atomic E-state index is 10.5. The smallest absolute Gasteiger partial charge is 0.298 e. The van der Waals surface area contributed by atoms with Crippen LogP contribution in [0.4, 0.5) is 5.00 Å². The Morgan fingerprint density at radius 3 is 2.71 bits per heavy atom. The molecule has 1 fully saturated rings. The molecular weight excluding hydrogens is 200 g/mol. The zero-order valence-corrected chi connectivity index (χ0v) is 8.63. The number of likely N-dealkylation sites (tertiary alicyclic amines) is 1. The van der Waals surface area contributed by atoms with Gasteiger partial charge in [0.25, 0.3) is 0 Å². The van der Waals surface area contributed by atoms with Gasteiger partial charge in [-0.15, -0.1) is 0 Å². The van der Waals surface area contributed by atoms with Crippen molar-refractivity contribution in [3.8, 4) is 0 Å². The molecule has 1 aliphatic rings. The van der Waals surface area contributed by atoms with Gasteiger partial charge < -0.3 is 0 Å². The second-order valence-corrected chi connectivity index (χ2v) is 4.63. The Morgan fingerprint density at radius 1 is 1.43 bits per heavy atom. The van der Waals surface area contributed by atoms with Crippen LogP contribution in [0.1, 0.15) is 17.7 Å². The summed E-state index contributed by atoms with van der Waals surface area (Å²) in [4.78, 5) is 13.6. The summed E-state index contributed by atoms with van der Waals surface area (Å²) in [7, 11) is 0. The van der Waals surface area contributed by atoms with Gasteiger partial charge in [-0.05, 0) is 32.0 Å². The Bertz CT molecular complexity index is 331. The number of nitro groups is 1. The molecule has 0 aromatic carbocycles. The van der Waals surface area contributed by atoms with Gasteiger partial charge in [0.05, 0.1) is 4.92 Å². The van der Waals surface area contributed by atoms with E-state index in [0.29, 0.717) is 0 Å². The average Bonchev–Trinajstić information content (AvgIpc) is 2.75. The molecule has 1 aromatic heterocycles. The standard InChI is InChI=1S/C9H12N2O2S/c12-11(13)9-4-3-8(14-9)7-10-5-1-2-6-10/h3-4H,1-2,5-7H2. The first-order chi connectivity index (χ1) is 6.75. The molecule has 0 N–H and O–H groups in total. The Balaban J connectivity index is 1.98. The van der Waals surface area contributed by atoms with Gasteiger partial charge in [0, 0.05) is 17.5 Å². The average molecular weight is 212 g/mol. The molecule has 1 saturated heterocycles. The van der Waals surface area contributed by atoms with Gasteiger partial charge in [-0.3, -0.25) is 15.0 Å². The fourth-order valence-electron chi connectivity index (χ4n) is 1.71. The highest BCUT2D eigenvalue weighted by atomic mass is 32.1. The van der Waals surface area contributed by atoms with Crippen LogP contribution in [-0.4, -0.2) is 22.9 Å². The molecule has 0 amide bonds. The van der Waals surface area contributed by atoms with Gasteiger partial charge in [-0.2, -0.15) is 0 Å². The molecule has 76 valence electrons. The zero-order chi connectivity index (χ0) is 9.97. The third-order valence-corrected chi connectivity index (χ3v) is 3.43. The molecule has 1 aliphatic heterocycles. The van der Waals surface area contributed by atoms with Crippen molar-refractivity contribution in [1.29, 1.82) is 0 Å². The highest BCUT2D eigenvalue weighted by Crippen LogP contribution is 2.25. The van der Waals surface area contributed by atoms with Crippen LogP contribution in [0.2, 0.25) is 0 Å². The normalized spacial score (nSPS) is 17.4. The first-order valence-electron chi connectivity index (χ1n) is 4.71. The molecule has 2 heterocycles. The van der Waals surface area contributed by atoms with Crippen molar-refractivity contribution in [2.45, 2.75) is 19.4 Å². The van der Waals surface area contributed by atoms with Crippen molar-refractivity contribution in [2.24, 2.45) is 0 Å². The van der Waals surface area contributed by atoms with E-state index in [1.807, 2.05) is 6.07 Å². The third kappa shape index (κ3) is 2.10. The van der Waals surface area contributed by atoms with Crippen LogP contribution < -0.4 is 0 Å². The molecule has 1 aromatic rings. The molecule has 0 bridgehead atoms. The molecule has 5 heteroatoms. The van der Waals surface area contributed by atoms with Crippen LogP contribution in [0.25, 0.3) is 0 Å². The van der Waals surface area contributed by atoms with Crippen molar-refractivity contribution in [3.05, 3.63) is 27.1 Å². The lowest BCUT2D eigenvalue weighted by molar-refractivity contribution is -0.380. The fraction of sp³-hybridized carbons (Fsp3) is 0.556. The van der Waals surface area contributed by atoms with Gasteiger partial charge in [-0.1, -0.05) is 11.3 Å². The summed E-state index contributed by atoms with van der Waals surface area (Å²) in [5.41, 5.74) is 0. The van der Waals surface area contributed by atoms with Crippen LogP contribution in [-0.2, 0) is 6.54 Å². The van der Waals surface area contributed by atoms with Gasteiger partial charge in [-0.25, -0.2) is 0 Å². The van der Waals surface area contributed by atoms with Crippen LogP contribution in [0.15, 0.2) is 12.1 Å². The Kier molecular flexibility index (Phi) is 2.79. The first kappa shape index (κ1) is 9.61. The van der Waals surface area contributed by atoms with E-state index >= 15 is 0 Å². The first-order valence-corrected chi connectivity index (χ1v) is 5.53. The highest BCUT2D eigenvalue weighted by molar-refractivity contribution is 7.15. The molecule has 0 saturated carbocycles. The molecular formula is C9H12N2O2S. The summed E-state index contributed by atoms with van der Waals surface area (Å²) in [6.07, 6.45) is 2.51. The minimum atomic E-state index is -0.321. The number of hydrogen-bond acceptors (Lipinski definition) is 4. The minimum absolute atomic E-state index is 0.249. The van der Waals surface area contributed by atoms with Crippen molar-refractivity contribution < 1.29 is 4.92 Å². The van der Waals surface area contributed by atoms with E-state index in [2.05, 4.69) is 4.90 Å². The maximum atomic E-state index is 10.5. The van der Waals surface area contributed by atoms with E-state index in [1.165, 1.54) is 24.2 Å². The molecule has 0 unspecified atom stereocenters. The van der Waals surface area contributed by atoms with E-state index in [0.717, 1.165) is 24.5 Å². The lowest BCUT2D eigenvalue weighted by Gasteiger charge is -2.11.